The largest absolute Gasteiger partial charge is 0.324 e. The van der Waals surface area contributed by atoms with Gasteiger partial charge in [0.05, 0.1) is 10.0 Å². The Morgan fingerprint density at radius 2 is 2.00 bits per heavy atom. The Kier molecular flexibility index (Phi) is 6.10. The molecule has 1 atom stereocenters. The summed E-state index contributed by atoms with van der Waals surface area (Å²) in [5.41, 5.74) is 6.48. The number of rotatable bonds is 2. The van der Waals surface area contributed by atoms with E-state index in [2.05, 4.69) is 4.98 Å². The number of pyridine rings is 1. The summed E-state index contributed by atoms with van der Waals surface area (Å²) in [6.45, 7) is 1.95. The highest BCUT2D eigenvalue weighted by molar-refractivity contribution is 6.43. The topological polar surface area (TPSA) is 38.9 Å². The average molecular weight is 276 g/mol. The summed E-state index contributed by atoms with van der Waals surface area (Å²) in [6, 6.07) is -0.194. The van der Waals surface area contributed by atoms with Gasteiger partial charge in [0.15, 0.2) is 0 Å². The van der Waals surface area contributed by atoms with Crippen LogP contribution in [0.2, 0.25) is 15.2 Å². The molecule has 80 valence electrons. The summed E-state index contributed by atoms with van der Waals surface area (Å²) in [4.78, 5) is 3.80. The SMILES string of the molecule is CC[C@H](N)c1c(Cl)cnc(Cl)c1Cl.Cl. The molecule has 6 heteroatoms. The van der Waals surface area contributed by atoms with Crippen molar-refractivity contribution in [1.29, 1.82) is 0 Å². The van der Waals surface area contributed by atoms with Crippen LogP contribution < -0.4 is 5.73 Å². The minimum atomic E-state index is -0.194. The monoisotopic (exact) mass is 274 g/mol. The van der Waals surface area contributed by atoms with Crippen LogP contribution in [-0.4, -0.2) is 4.98 Å². The molecule has 0 saturated heterocycles. The number of nitrogens with zero attached hydrogens (tertiary/aromatic N) is 1. The van der Waals surface area contributed by atoms with Crippen molar-refractivity contribution in [2.24, 2.45) is 5.73 Å². The van der Waals surface area contributed by atoms with Crippen molar-refractivity contribution in [1.82, 2.24) is 4.98 Å². The van der Waals surface area contributed by atoms with Crippen molar-refractivity contribution in [3.63, 3.8) is 0 Å². The molecule has 2 N–H and O–H groups in total. The zero-order valence-electron chi connectivity index (χ0n) is 7.43. The highest BCUT2D eigenvalue weighted by Crippen LogP contribution is 2.33. The molecule has 0 bridgehead atoms. The molecule has 0 radical (unpaired) electrons. The summed E-state index contributed by atoms with van der Waals surface area (Å²) in [5, 5.41) is 1.05. The first-order chi connectivity index (χ1) is 6.07. The third kappa shape index (κ3) is 2.88. The molecule has 1 rings (SSSR count). The molecule has 14 heavy (non-hydrogen) atoms. The maximum atomic E-state index is 5.91. The van der Waals surface area contributed by atoms with E-state index in [1.54, 1.807) is 0 Å². The van der Waals surface area contributed by atoms with Crippen LogP contribution >= 0.6 is 47.2 Å². The standard InChI is InChI=1S/C8H9Cl3N2.ClH/c1-2-5(12)6-4(9)3-13-8(11)7(6)10;/h3,5H,2,12H2,1H3;1H/t5-;/m0./s1. The number of hydrogen-bond acceptors (Lipinski definition) is 2. The Balaban J connectivity index is 0.00000169. The van der Waals surface area contributed by atoms with Crippen LogP contribution in [0.15, 0.2) is 6.20 Å². The van der Waals surface area contributed by atoms with Gasteiger partial charge >= 0.3 is 0 Å². The highest BCUT2D eigenvalue weighted by atomic mass is 35.5. The Hall–Kier alpha value is 0.270. The third-order valence-electron chi connectivity index (χ3n) is 1.78. The van der Waals surface area contributed by atoms with E-state index in [0.717, 1.165) is 6.42 Å². The lowest BCUT2D eigenvalue weighted by atomic mass is 10.1. The second kappa shape index (κ2) is 5.99. The Bertz CT molecular complexity index is 316. The molecular formula is C8H10Cl4N2. The summed E-state index contributed by atoms with van der Waals surface area (Å²) in [7, 11) is 0. The molecule has 0 aliphatic rings. The van der Waals surface area contributed by atoms with Gasteiger partial charge in [0.25, 0.3) is 0 Å². The predicted molar refractivity (Wildman–Crippen MR) is 63.7 cm³/mol. The first-order valence-corrected chi connectivity index (χ1v) is 4.96. The molecule has 1 aromatic heterocycles. The molecular weight excluding hydrogens is 266 g/mol. The normalized spacial score (nSPS) is 12.1. The Morgan fingerprint density at radius 1 is 1.43 bits per heavy atom. The van der Waals surface area contributed by atoms with E-state index in [4.69, 9.17) is 40.5 Å². The maximum Gasteiger partial charge on any atom is 0.148 e. The van der Waals surface area contributed by atoms with E-state index in [1.165, 1.54) is 6.20 Å². The predicted octanol–water partition coefficient (Wildman–Crippen LogP) is 3.87. The minimum absolute atomic E-state index is 0. The molecule has 0 spiro atoms. The lowest BCUT2D eigenvalue weighted by Crippen LogP contribution is -2.10. The second-order valence-electron chi connectivity index (χ2n) is 2.64. The zero-order valence-corrected chi connectivity index (χ0v) is 10.5. The smallest absolute Gasteiger partial charge is 0.148 e. The lowest BCUT2D eigenvalue weighted by Gasteiger charge is -2.13. The fraction of sp³-hybridized carbons (Fsp3) is 0.375. The van der Waals surface area contributed by atoms with E-state index < -0.39 is 0 Å². The maximum absolute atomic E-state index is 5.91. The van der Waals surface area contributed by atoms with Crippen molar-refractivity contribution in [3.05, 3.63) is 27.0 Å². The van der Waals surface area contributed by atoms with Gasteiger partial charge in [-0.15, -0.1) is 12.4 Å². The molecule has 0 amide bonds. The van der Waals surface area contributed by atoms with E-state index in [9.17, 15) is 0 Å². The van der Waals surface area contributed by atoms with Gasteiger partial charge < -0.3 is 5.73 Å². The third-order valence-corrected chi connectivity index (χ3v) is 2.84. The summed E-state index contributed by atoms with van der Waals surface area (Å²) in [6.07, 6.45) is 2.21. The second-order valence-corrected chi connectivity index (χ2v) is 3.78. The minimum Gasteiger partial charge on any atom is -0.324 e. The van der Waals surface area contributed by atoms with Gasteiger partial charge in [0.1, 0.15) is 5.15 Å². The summed E-state index contributed by atoms with van der Waals surface area (Å²) in [5.74, 6) is 0. The molecule has 1 heterocycles. The molecule has 0 aliphatic heterocycles. The zero-order chi connectivity index (χ0) is 10.0. The van der Waals surface area contributed by atoms with E-state index in [1.807, 2.05) is 6.92 Å². The van der Waals surface area contributed by atoms with Crippen LogP contribution in [0.5, 0.6) is 0 Å². The van der Waals surface area contributed by atoms with E-state index in [0.29, 0.717) is 15.6 Å². The molecule has 2 nitrogen and oxygen atoms in total. The summed E-state index contributed by atoms with van der Waals surface area (Å²) < 4.78 is 0. The van der Waals surface area contributed by atoms with Gasteiger partial charge in [-0.2, -0.15) is 0 Å². The molecule has 1 aromatic rings. The van der Waals surface area contributed by atoms with Crippen LogP contribution in [0, 0.1) is 0 Å². The molecule has 0 unspecified atom stereocenters. The van der Waals surface area contributed by atoms with Crippen molar-refractivity contribution in [2.45, 2.75) is 19.4 Å². The van der Waals surface area contributed by atoms with Crippen LogP contribution in [0.3, 0.4) is 0 Å². The number of aromatic nitrogens is 1. The van der Waals surface area contributed by atoms with Gasteiger partial charge in [-0.3, -0.25) is 0 Å². The van der Waals surface area contributed by atoms with Gasteiger partial charge in [0, 0.05) is 17.8 Å². The van der Waals surface area contributed by atoms with Gasteiger partial charge in [-0.1, -0.05) is 41.7 Å². The van der Waals surface area contributed by atoms with E-state index >= 15 is 0 Å². The van der Waals surface area contributed by atoms with Crippen molar-refractivity contribution >= 4 is 47.2 Å². The average Bonchev–Trinajstić information content (AvgIpc) is 2.12. The Morgan fingerprint density at radius 3 is 2.50 bits per heavy atom. The van der Waals surface area contributed by atoms with Gasteiger partial charge in [-0.25, -0.2) is 4.98 Å². The molecule has 0 aliphatic carbocycles. The van der Waals surface area contributed by atoms with Crippen molar-refractivity contribution in [2.75, 3.05) is 0 Å². The summed E-state index contributed by atoms with van der Waals surface area (Å²) >= 11 is 17.5. The van der Waals surface area contributed by atoms with E-state index in [-0.39, 0.29) is 23.6 Å². The van der Waals surface area contributed by atoms with Crippen molar-refractivity contribution < 1.29 is 0 Å². The molecule has 0 saturated carbocycles. The molecule has 0 fully saturated rings. The number of hydrogen-bond donors (Lipinski definition) is 1. The molecule has 0 aromatic carbocycles. The number of halogens is 4. The fourth-order valence-corrected chi connectivity index (χ4v) is 1.77. The van der Waals surface area contributed by atoms with Crippen LogP contribution in [0.25, 0.3) is 0 Å². The first-order valence-electron chi connectivity index (χ1n) is 3.82. The van der Waals surface area contributed by atoms with Crippen LogP contribution in [0.4, 0.5) is 0 Å². The fourth-order valence-electron chi connectivity index (χ4n) is 1.000. The van der Waals surface area contributed by atoms with Crippen LogP contribution in [-0.2, 0) is 0 Å². The lowest BCUT2D eigenvalue weighted by molar-refractivity contribution is 0.698. The quantitative estimate of drug-likeness (QED) is 0.832. The van der Waals surface area contributed by atoms with Gasteiger partial charge in [0.2, 0.25) is 0 Å². The highest BCUT2D eigenvalue weighted by Gasteiger charge is 2.15. The van der Waals surface area contributed by atoms with Crippen LogP contribution in [0.1, 0.15) is 24.9 Å². The van der Waals surface area contributed by atoms with Crippen molar-refractivity contribution in [3.8, 4) is 0 Å². The Labute approximate surface area is 104 Å². The number of nitrogens with two attached hydrogens (primary N) is 1. The van der Waals surface area contributed by atoms with Gasteiger partial charge in [-0.05, 0) is 6.42 Å². The first kappa shape index (κ1) is 14.3.